The van der Waals surface area contributed by atoms with Crippen LogP contribution in [0.4, 0.5) is 4.39 Å². The molecule has 1 aliphatic carbocycles. The van der Waals surface area contributed by atoms with E-state index in [0.29, 0.717) is 11.1 Å². The van der Waals surface area contributed by atoms with E-state index in [1.54, 1.807) is 53.4 Å². The van der Waals surface area contributed by atoms with Crippen molar-refractivity contribution in [1.29, 1.82) is 0 Å². The fraction of sp³-hybridized carbons (Fsp3) is 0.333. The molecule has 2 aromatic carbocycles. The minimum absolute atomic E-state index is 0.0512. The van der Waals surface area contributed by atoms with Crippen molar-refractivity contribution >= 4 is 18.0 Å². The Labute approximate surface area is 175 Å². The summed E-state index contributed by atoms with van der Waals surface area (Å²) >= 11 is 0. The zero-order chi connectivity index (χ0) is 21.1. The molecule has 30 heavy (non-hydrogen) atoms. The molecular weight excluding hydrogens is 385 g/mol. The number of ether oxygens (including phenoxy) is 2. The van der Waals surface area contributed by atoms with Crippen molar-refractivity contribution in [1.82, 2.24) is 4.90 Å². The highest BCUT2D eigenvalue weighted by Gasteiger charge is 2.41. The van der Waals surface area contributed by atoms with Crippen LogP contribution in [-0.4, -0.2) is 36.0 Å². The molecule has 156 valence electrons. The minimum atomic E-state index is -0.416. The Morgan fingerprint density at radius 2 is 1.90 bits per heavy atom. The van der Waals surface area contributed by atoms with Gasteiger partial charge in [0.05, 0.1) is 18.7 Å². The second kappa shape index (κ2) is 8.69. The van der Waals surface area contributed by atoms with Gasteiger partial charge >= 0.3 is 5.97 Å². The van der Waals surface area contributed by atoms with E-state index < -0.39 is 5.97 Å². The van der Waals surface area contributed by atoms with E-state index in [9.17, 15) is 14.0 Å². The second-order valence-electron chi connectivity index (χ2n) is 7.65. The smallest absolute Gasteiger partial charge is 0.337 e. The first-order valence-corrected chi connectivity index (χ1v) is 10.2. The van der Waals surface area contributed by atoms with Crippen molar-refractivity contribution in [2.24, 2.45) is 0 Å². The summed E-state index contributed by atoms with van der Waals surface area (Å²) in [5.74, 6) is -0.716. The molecule has 2 aromatic rings. The topological polar surface area (TPSA) is 55.8 Å². The average Bonchev–Trinajstić information content (AvgIpc) is 2.78. The van der Waals surface area contributed by atoms with Crippen LogP contribution in [0.25, 0.3) is 6.08 Å². The molecule has 1 aliphatic heterocycles. The van der Waals surface area contributed by atoms with E-state index in [2.05, 4.69) is 0 Å². The molecule has 0 bridgehead atoms. The number of nitrogens with zero attached hydrogens (tertiary/aromatic N) is 1. The molecule has 4 rings (SSSR count). The highest BCUT2D eigenvalue weighted by atomic mass is 19.1. The van der Waals surface area contributed by atoms with Crippen molar-refractivity contribution in [3.63, 3.8) is 0 Å². The van der Waals surface area contributed by atoms with Gasteiger partial charge in [-0.3, -0.25) is 4.79 Å². The fourth-order valence-electron chi connectivity index (χ4n) is 4.16. The molecule has 2 atom stereocenters. The van der Waals surface area contributed by atoms with Crippen LogP contribution in [0.15, 0.2) is 54.3 Å². The molecule has 1 saturated carbocycles. The number of hydrogen-bond acceptors (Lipinski definition) is 4. The van der Waals surface area contributed by atoms with Gasteiger partial charge < -0.3 is 14.4 Å². The number of hydrogen-bond donors (Lipinski definition) is 0. The lowest BCUT2D eigenvalue weighted by atomic mass is 9.89. The Balaban J connectivity index is 1.62. The van der Waals surface area contributed by atoms with Crippen molar-refractivity contribution in [3.8, 4) is 0 Å². The monoisotopic (exact) mass is 409 g/mol. The van der Waals surface area contributed by atoms with E-state index in [4.69, 9.17) is 9.47 Å². The molecule has 0 spiro atoms. The van der Waals surface area contributed by atoms with Gasteiger partial charge in [-0.25, -0.2) is 9.18 Å². The Kier molecular flexibility index (Phi) is 5.84. The van der Waals surface area contributed by atoms with E-state index >= 15 is 0 Å². The van der Waals surface area contributed by atoms with Crippen molar-refractivity contribution < 1.29 is 23.5 Å². The van der Waals surface area contributed by atoms with Crippen LogP contribution in [0.1, 0.15) is 47.2 Å². The fourth-order valence-corrected chi connectivity index (χ4v) is 4.16. The van der Waals surface area contributed by atoms with Crippen LogP contribution in [0.2, 0.25) is 0 Å². The van der Waals surface area contributed by atoms with Crippen LogP contribution in [0.5, 0.6) is 0 Å². The number of rotatable bonds is 4. The molecular formula is C24H24FNO4. The molecule has 0 radical (unpaired) electrons. The predicted molar refractivity (Wildman–Crippen MR) is 110 cm³/mol. The summed E-state index contributed by atoms with van der Waals surface area (Å²) in [5, 5.41) is 0. The van der Waals surface area contributed by atoms with Gasteiger partial charge in [-0.05, 0) is 49.1 Å². The number of esters is 1. The maximum absolute atomic E-state index is 14.3. The SMILES string of the molecule is COC(=O)c1ccc(/C=C2/OC3CCCCC3N(Cc3ccccc3F)C2=O)cc1. The summed E-state index contributed by atoms with van der Waals surface area (Å²) in [4.78, 5) is 26.6. The first-order valence-electron chi connectivity index (χ1n) is 10.2. The number of morpholine rings is 1. The Morgan fingerprint density at radius 1 is 1.17 bits per heavy atom. The average molecular weight is 409 g/mol. The molecule has 2 fully saturated rings. The van der Waals surface area contributed by atoms with Gasteiger partial charge in [0.2, 0.25) is 0 Å². The highest BCUT2D eigenvalue weighted by Crippen LogP contribution is 2.34. The number of benzene rings is 2. The van der Waals surface area contributed by atoms with Crippen LogP contribution in [0, 0.1) is 5.82 Å². The molecule has 0 aromatic heterocycles. The van der Waals surface area contributed by atoms with Gasteiger partial charge in [-0.1, -0.05) is 36.8 Å². The molecule has 1 heterocycles. The van der Waals surface area contributed by atoms with Gasteiger partial charge in [0.15, 0.2) is 5.76 Å². The van der Waals surface area contributed by atoms with Gasteiger partial charge in [-0.2, -0.15) is 0 Å². The van der Waals surface area contributed by atoms with Gasteiger partial charge in [-0.15, -0.1) is 0 Å². The number of amides is 1. The lowest BCUT2D eigenvalue weighted by Gasteiger charge is -2.44. The van der Waals surface area contributed by atoms with E-state index in [0.717, 1.165) is 31.2 Å². The molecule has 5 nitrogen and oxygen atoms in total. The molecule has 1 amide bonds. The summed E-state index contributed by atoms with van der Waals surface area (Å²) in [6.07, 6.45) is 5.38. The van der Waals surface area contributed by atoms with Gasteiger partial charge in [0.25, 0.3) is 5.91 Å². The third kappa shape index (κ3) is 4.08. The summed E-state index contributed by atoms with van der Waals surface area (Å²) in [7, 11) is 1.33. The van der Waals surface area contributed by atoms with Crippen molar-refractivity contribution in [2.75, 3.05) is 7.11 Å². The predicted octanol–water partition coefficient (Wildman–Crippen LogP) is 4.32. The van der Waals surface area contributed by atoms with E-state index in [-0.39, 0.29) is 36.2 Å². The molecule has 1 saturated heterocycles. The second-order valence-corrected chi connectivity index (χ2v) is 7.65. The zero-order valence-electron chi connectivity index (χ0n) is 16.8. The Morgan fingerprint density at radius 3 is 2.63 bits per heavy atom. The Bertz CT molecular complexity index is 969. The summed E-state index contributed by atoms with van der Waals surface area (Å²) in [6, 6.07) is 13.3. The Hall–Kier alpha value is -3.15. The first kappa shape index (κ1) is 20.1. The number of halogens is 1. The number of methoxy groups -OCH3 is 1. The minimum Gasteiger partial charge on any atom is -0.482 e. The number of carbonyl (C=O) groups excluding carboxylic acids is 2. The van der Waals surface area contributed by atoms with Crippen LogP contribution in [-0.2, 0) is 20.8 Å². The quantitative estimate of drug-likeness (QED) is 0.557. The molecule has 2 aliphatic rings. The largest absolute Gasteiger partial charge is 0.482 e. The standard InChI is InChI=1S/C24H24FNO4/c1-29-24(28)17-12-10-16(11-13-17)14-22-23(27)26(15-18-6-2-3-7-19(18)25)20-8-4-5-9-21(20)30-22/h2-3,6-7,10-14,20-21H,4-5,8-9,15H2,1H3/b22-14+. The maximum Gasteiger partial charge on any atom is 0.337 e. The zero-order valence-corrected chi connectivity index (χ0v) is 16.8. The highest BCUT2D eigenvalue weighted by molar-refractivity contribution is 5.97. The van der Waals surface area contributed by atoms with Gasteiger partial charge in [0.1, 0.15) is 11.9 Å². The first-order chi connectivity index (χ1) is 14.6. The van der Waals surface area contributed by atoms with E-state index in [1.165, 1.54) is 13.2 Å². The van der Waals surface area contributed by atoms with E-state index in [1.807, 2.05) is 0 Å². The van der Waals surface area contributed by atoms with Crippen molar-refractivity contribution in [3.05, 3.63) is 76.8 Å². The normalized spacial score (nSPS) is 22.4. The summed E-state index contributed by atoms with van der Waals surface area (Å²) in [5.41, 5.74) is 1.68. The van der Waals surface area contributed by atoms with Crippen LogP contribution >= 0.6 is 0 Å². The lowest BCUT2D eigenvalue weighted by Crippen LogP contribution is -2.54. The third-order valence-electron chi connectivity index (χ3n) is 5.75. The van der Waals surface area contributed by atoms with Crippen LogP contribution < -0.4 is 0 Å². The van der Waals surface area contributed by atoms with Gasteiger partial charge in [0, 0.05) is 12.1 Å². The third-order valence-corrected chi connectivity index (χ3v) is 5.75. The molecule has 0 N–H and O–H groups in total. The summed E-state index contributed by atoms with van der Waals surface area (Å²) in [6.45, 7) is 0.217. The number of carbonyl (C=O) groups is 2. The summed E-state index contributed by atoms with van der Waals surface area (Å²) < 4.78 is 25.1. The van der Waals surface area contributed by atoms with Crippen LogP contribution in [0.3, 0.4) is 0 Å². The maximum atomic E-state index is 14.3. The lowest BCUT2D eigenvalue weighted by molar-refractivity contribution is -0.149. The number of fused-ring (bicyclic) bond motifs is 1. The molecule has 2 unspecified atom stereocenters. The molecule has 6 heteroatoms. The van der Waals surface area contributed by atoms with Crippen molar-refractivity contribution in [2.45, 2.75) is 44.4 Å².